The highest BCUT2D eigenvalue weighted by Crippen LogP contribution is 2.19. The average molecular weight is 286 g/mol. The van der Waals surface area contributed by atoms with E-state index in [1.54, 1.807) is 17.1 Å². The van der Waals surface area contributed by atoms with Gasteiger partial charge in [0.05, 0.1) is 24.1 Å². The molecule has 0 aliphatic rings. The molecular formula is C14H14N4OS. The van der Waals surface area contributed by atoms with Crippen LogP contribution >= 0.6 is 11.3 Å². The number of aryl methyl sites for hydroxylation is 1. The van der Waals surface area contributed by atoms with Gasteiger partial charge in [-0.2, -0.15) is 0 Å². The first-order valence-corrected chi connectivity index (χ1v) is 7.13. The van der Waals surface area contributed by atoms with Crippen molar-refractivity contribution in [3.05, 3.63) is 51.6 Å². The molecule has 0 aliphatic carbocycles. The van der Waals surface area contributed by atoms with Crippen LogP contribution in [0.15, 0.2) is 34.8 Å². The van der Waals surface area contributed by atoms with Crippen LogP contribution in [-0.2, 0) is 6.54 Å². The molecule has 102 valence electrons. The minimum absolute atomic E-state index is 0.00948. The number of pyridine rings is 1. The highest BCUT2D eigenvalue weighted by atomic mass is 32.1. The molecule has 3 aromatic rings. The van der Waals surface area contributed by atoms with Crippen molar-refractivity contribution in [2.24, 2.45) is 0 Å². The lowest BCUT2D eigenvalue weighted by Gasteiger charge is -2.06. The molecule has 6 heteroatoms. The van der Waals surface area contributed by atoms with E-state index < -0.39 is 0 Å². The highest BCUT2D eigenvalue weighted by Gasteiger charge is 2.09. The molecule has 0 radical (unpaired) electrons. The van der Waals surface area contributed by atoms with Crippen molar-refractivity contribution in [3.63, 3.8) is 0 Å². The van der Waals surface area contributed by atoms with Crippen LogP contribution in [-0.4, -0.2) is 21.6 Å². The predicted molar refractivity (Wildman–Crippen MR) is 81.5 cm³/mol. The molecule has 0 spiro atoms. The van der Waals surface area contributed by atoms with Crippen molar-refractivity contribution in [2.75, 3.05) is 12.4 Å². The third-order valence-electron chi connectivity index (χ3n) is 3.16. The smallest absolute Gasteiger partial charge is 0.271 e. The SMILES string of the molecule is CNc1ccnc(Cn2cnc3c(C)csc3c2=O)c1. The molecule has 0 bridgehead atoms. The molecule has 0 saturated heterocycles. The molecule has 0 fully saturated rings. The van der Waals surface area contributed by atoms with Gasteiger partial charge in [0.1, 0.15) is 4.70 Å². The van der Waals surface area contributed by atoms with Crippen LogP contribution in [0.5, 0.6) is 0 Å². The lowest BCUT2D eigenvalue weighted by atomic mass is 10.3. The Labute approximate surface area is 119 Å². The summed E-state index contributed by atoms with van der Waals surface area (Å²) in [5.41, 5.74) is 3.64. The number of thiophene rings is 1. The number of anilines is 1. The Hall–Kier alpha value is -2.21. The van der Waals surface area contributed by atoms with Gasteiger partial charge in [-0.1, -0.05) is 0 Å². The summed E-state index contributed by atoms with van der Waals surface area (Å²) >= 11 is 1.44. The summed E-state index contributed by atoms with van der Waals surface area (Å²) in [6.45, 7) is 2.39. The van der Waals surface area contributed by atoms with E-state index in [1.807, 2.05) is 31.5 Å². The quantitative estimate of drug-likeness (QED) is 0.802. The molecule has 0 amide bonds. The van der Waals surface area contributed by atoms with E-state index in [4.69, 9.17) is 0 Å². The van der Waals surface area contributed by atoms with E-state index in [-0.39, 0.29) is 5.56 Å². The van der Waals surface area contributed by atoms with Gasteiger partial charge in [0, 0.05) is 18.9 Å². The average Bonchev–Trinajstić information content (AvgIpc) is 2.84. The zero-order valence-corrected chi connectivity index (χ0v) is 12.1. The number of aromatic nitrogens is 3. The minimum Gasteiger partial charge on any atom is -0.388 e. The standard InChI is InChI=1S/C14H14N4OS/c1-9-7-20-13-12(9)17-8-18(14(13)19)6-11-5-10(15-2)3-4-16-11/h3-5,7-8H,6H2,1-2H3,(H,15,16). The van der Waals surface area contributed by atoms with Gasteiger partial charge in [-0.3, -0.25) is 14.3 Å². The van der Waals surface area contributed by atoms with Crippen LogP contribution in [0.25, 0.3) is 10.2 Å². The summed E-state index contributed by atoms with van der Waals surface area (Å²) in [5, 5.41) is 5.02. The maximum Gasteiger partial charge on any atom is 0.271 e. The number of hydrogen-bond donors (Lipinski definition) is 1. The molecule has 0 aromatic carbocycles. The monoisotopic (exact) mass is 286 g/mol. The van der Waals surface area contributed by atoms with Crippen LogP contribution in [0, 0.1) is 6.92 Å². The number of rotatable bonds is 3. The van der Waals surface area contributed by atoms with Gasteiger partial charge >= 0.3 is 0 Å². The molecule has 3 rings (SSSR count). The number of nitrogens with one attached hydrogen (secondary N) is 1. The fraction of sp³-hybridized carbons (Fsp3) is 0.214. The Kier molecular flexibility index (Phi) is 3.23. The van der Waals surface area contributed by atoms with Crippen molar-refractivity contribution in [1.29, 1.82) is 0 Å². The summed E-state index contributed by atoms with van der Waals surface area (Å²) in [4.78, 5) is 21.0. The molecule has 0 unspecified atom stereocenters. The molecule has 1 N–H and O–H groups in total. The Morgan fingerprint density at radius 3 is 3.05 bits per heavy atom. The maximum atomic E-state index is 12.4. The fourth-order valence-corrected chi connectivity index (χ4v) is 3.02. The van der Waals surface area contributed by atoms with E-state index in [9.17, 15) is 4.79 Å². The number of fused-ring (bicyclic) bond motifs is 1. The van der Waals surface area contributed by atoms with Gasteiger partial charge in [0.15, 0.2) is 0 Å². The van der Waals surface area contributed by atoms with E-state index in [0.717, 1.165) is 22.5 Å². The Balaban J connectivity index is 2.02. The topological polar surface area (TPSA) is 59.8 Å². The maximum absolute atomic E-state index is 12.4. The minimum atomic E-state index is -0.00948. The molecule has 20 heavy (non-hydrogen) atoms. The van der Waals surface area contributed by atoms with Gasteiger partial charge in [-0.15, -0.1) is 11.3 Å². The second-order valence-corrected chi connectivity index (χ2v) is 5.44. The van der Waals surface area contributed by atoms with Crippen molar-refractivity contribution in [2.45, 2.75) is 13.5 Å². The second kappa shape index (κ2) is 5.05. The van der Waals surface area contributed by atoms with Crippen LogP contribution in [0.2, 0.25) is 0 Å². The van der Waals surface area contributed by atoms with Gasteiger partial charge < -0.3 is 5.32 Å². The Bertz CT molecular complexity index is 821. The molecule has 0 saturated carbocycles. The largest absolute Gasteiger partial charge is 0.388 e. The highest BCUT2D eigenvalue weighted by molar-refractivity contribution is 7.17. The summed E-state index contributed by atoms with van der Waals surface area (Å²) in [7, 11) is 1.85. The van der Waals surface area contributed by atoms with Gasteiger partial charge in [0.2, 0.25) is 0 Å². The molecular weight excluding hydrogens is 272 g/mol. The normalized spacial score (nSPS) is 10.9. The third-order valence-corrected chi connectivity index (χ3v) is 4.24. The first-order chi connectivity index (χ1) is 9.69. The first kappa shape index (κ1) is 12.8. The molecule has 0 atom stereocenters. The molecule has 3 aromatic heterocycles. The first-order valence-electron chi connectivity index (χ1n) is 6.25. The van der Waals surface area contributed by atoms with Crippen molar-refractivity contribution in [3.8, 4) is 0 Å². The Morgan fingerprint density at radius 1 is 1.40 bits per heavy atom. The van der Waals surface area contributed by atoms with Gasteiger partial charge in [0.25, 0.3) is 5.56 Å². The number of hydrogen-bond acceptors (Lipinski definition) is 5. The van der Waals surface area contributed by atoms with Gasteiger partial charge in [-0.05, 0) is 30.0 Å². The van der Waals surface area contributed by atoms with Gasteiger partial charge in [-0.25, -0.2) is 4.98 Å². The van der Waals surface area contributed by atoms with Crippen LogP contribution in [0.3, 0.4) is 0 Å². The van der Waals surface area contributed by atoms with E-state index in [2.05, 4.69) is 15.3 Å². The predicted octanol–water partition coefficient (Wildman–Crippen LogP) is 2.25. The number of nitrogens with zero attached hydrogens (tertiary/aromatic N) is 3. The molecule has 3 heterocycles. The lowest BCUT2D eigenvalue weighted by Crippen LogP contribution is -2.20. The zero-order chi connectivity index (χ0) is 14.1. The fourth-order valence-electron chi connectivity index (χ4n) is 2.07. The molecule has 0 aliphatic heterocycles. The van der Waals surface area contributed by atoms with Crippen molar-refractivity contribution >= 4 is 27.2 Å². The van der Waals surface area contributed by atoms with Crippen LogP contribution in [0.4, 0.5) is 5.69 Å². The van der Waals surface area contributed by atoms with E-state index in [0.29, 0.717) is 11.2 Å². The van der Waals surface area contributed by atoms with E-state index >= 15 is 0 Å². The summed E-state index contributed by atoms with van der Waals surface area (Å²) in [6.07, 6.45) is 3.32. The zero-order valence-electron chi connectivity index (χ0n) is 11.3. The lowest BCUT2D eigenvalue weighted by molar-refractivity contribution is 0.731. The summed E-state index contributed by atoms with van der Waals surface area (Å²) in [5.74, 6) is 0. The third kappa shape index (κ3) is 2.18. The summed E-state index contributed by atoms with van der Waals surface area (Å²) < 4.78 is 2.30. The second-order valence-electron chi connectivity index (χ2n) is 4.56. The van der Waals surface area contributed by atoms with Crippen LogP contribution < -0.4 is 10.9 Å². The van der Waals surface area contributed by atoms with E-state index in [1.165, 1.54) is 11.3 Å². The van der Waals surface area contributed by atoms with Crippen LogP contribution in [0.1, 0.15) is 11.3 Å². The molecule has 5 nitrogen and oxygen atoms in total. The van der Waals surface area contributed by atoms with Crippen molar-refractivity contribution < 1.29 is 0 Å². The van der Waals surface area contributed by atoms with Crippen molar-refractivity contribution in [1.82, 2.24) is 14.5 Å². The Morgan fingerprint density at radius 2 is 2.25 bits per heavy atom. The summed E-state index contributed by atoms with van der Waals surface area (Å²) in [6, 6.07) is 3.81.